The maximum atomic E-state index is 13.1. The summed E-state index contributed by atoms with van der Waals surface area (Å²) >= 11 is 0. The second-order valence-corrected chi connectivity index (χ2v) is 7.82. The molecule has 1 aromatic carbocycles. The van der Waals surface area contributed by atoms with Crippen LogP contribution in [0.15, 0.2) is 61.4 Å². The predicted octanol–water partition coefficient (Wildman–Crippen LogP) is 3.29. The molecule has 4 heterocycles. The van der Waals surface area contributed by atoms with Gasteiger partial charge in [0.2, 0.25) is 5.95 Å². The van der Waals surface area contributed by atoms with Crippen LogP contribution in [0.25, 0.3) is 5.95 Å². The molecule has 2 aliphatic heterocycles. The second kappa shape index (κ2) is 7.28. The number of nitrogens with zero attached hydrogens (tertiary/aromatic N) is 5. The zero-order valence-electron chi connectivity index (χ0n) is 15.7. The summed E-state index contributed by atoms with van der Waals surface area (Å²) in [6.07, 6.45) is 12.7. The lowest BCUT2D eigenvalue weighted by Crippen LogP contribution is -2.44. The van der Waals surface area contributed by atoms with E-state index in [2.05, 4.69) is 50.2 Å². The molecule has 3 aromatic rings. The van der Waals surface area contributed by atoms with E-state index in [0.717, 1.165) is 19.4 Å². The molecule has 0 amide bonds. The summed E-state index contributed by atoms with van der Waals surface area (Å²) in [6.45, 7) is 0.986. The maximum Gasteiger partial charge on any atom is 0.234 e. The van der Waals surface area contributed by atoms with E-state index in [1.165, 1.54) is 18.4 Å². The van der Waals surface area contributed by atoms with Crippen LogP contribution in [0.3, 0.4) is 0 Å². The second-order valence-electron chi connectivity index (χ2n) is 7.82. The van der Waals surface area contributed by atoms with E-state index in [4.69, 9.17) is 0 Å². The minimum atomic E-state index is 0.0761. The molecule has 2 unspecified atom stereocenters. The van der Waals surface area contributed by atoms with Gasteiger partial charge in [-0.2, -0.15) is 0 Å². The van der Waals surface area contributed by atoms with Gasteiger partial charge in [0, 0.05) is 49.3 Å². The van der Waals surface area contributed by atoms with Crippen LogP contribution < -0.4 is 0 Å². The number of ketones is 1. The molecule has 0 saturated carbocycles. The number of carbonyl (C=O) groups is 1. The molecule has 2 fully saturated rings. The normalized spacial score (nSPS) is 24.4. The largest absolute Gasteiger partial charge is 0.294 e. The number of piperidine rings is 1. The summed E-state index contributed by atoms with van der Waals surface area (Å²) in [7, 11) is 0. The Morgan fingerprint density at radius 2 is 1.75 bits per heavy atom. The van der Waals surface area contributed by atoms with Crippen LogP contribution in [-0.2, 0) is 6.54 Å². The van der Waals surface area contributed by atoms with Crippen LogP contribution in [0, 0.1) is 5.92 Å². The molecule has 0 aliphatic carbocycles. The van der Waals surface area contributed by atoms with Gasteiger partial charge in [-0.15, -0.1) is 0 Å². The standard InChI is InChI=1S/C22H23N5O/c28-21(18-12-24-22(25-13-18)26-9-8-23-15-26)17-10-19-6-7-20(11-17)27(19)14-16-4-2-1-3-5-16/h1-5,8-9,12-13,15,17,19-20H,6-7,10-11,14H2. The van der Waals surface area contributed by atoms with Crippen LogP contribution in [-0.4, -0.2) is 42.3 Å². The fourth-order valence-corrected chi connectivity index (χ4v) is 4.74. The fraction of sp³-hybridized carbons (Fsp3) is 0.364. The number of hydrogen-bond donors (Lipinski definition) is 0. The lowest BCUT2D eigenvalue weighted by Gasteiger charge is -2.38. The van der Waals surface area contributed by atoms with Gasteiger partial charge in [0.25, 0.3) is 0 Å². The van der Waals surface area contributed by atoms with E-state index >= 15 is 0 Å². The van der Waals surface area contributed by atoms with Crippen molar-refractivity contribution < 1.29 is 4.79 Å². The number of fused-ring (bicyclic) bond motifs is 2. The van der Waals surface area contributed by atoms with Gasteiger partial charge in [0.1, 0.15) is 6.33 Å². The number of imidazole rings is 1. The molecule has 2 bridgehead atoms. The van der Waals surface area contributed by atoms with Crippen molar-refractivity contribution in [1.82, 2.24) is 24.4 Å². The molecule has 0 N–H and O–H groups in total. The molecule has 5 rings (SSSR count). The van der Waals surface area contributed by atoms with Gasteiger partial charge in [-0.3, -0.25) is 14.3 Å². The van der Waals surface area contributed by atoms with Gasteiger partial charge in [-0.1, -0.05) is 30.3 Å². The Balaban J connectivity index is 1.27. The zero-order valence-corrected chi connectivity index (χ0v) is 15.7. The highest BCUT2D eigenvalue weighted by molar-refractivity contribution is 5.97. The molecule has 6 nitrogen and oxygen atoms in total. The number of benzene rings is 1. The van der Waals surface area contributed by atoms with Crippen molar-refractivity contribution >= 4 is 5.78 Å². The first-order valence-electron chi connectivity index (χ1n) is 9.92. The van der Waals surface area contributed by atoms with E-state index in [1.54, 1.807) is 35.7 Å². The summed E-state index contributed by atoms with van der Waals surface area (Å²) in [5, 5.41) is 0. The Labute approximate surface area is 164 Å². The maximum absolute atomic E-state index is 13.1. The smallest absolute Gasteiger partial charge is 0.234 e. The molecular weight excluding hydrogens is 350 g/mol. The molecule has 0 spiro atoms. The molecule has 6 heteroatoms. The Bertz CT molecular complexity index is 925. The van der Waals surface area contributed by atoms with Gasteiger partial charge < -0.3 is 0 Å². The Morgan fingerprint density at radius 3 is 2.39 bits per heavy atom. The molecular formula is C22H23N5O. The minimum absolute atomic E-state index is 0.0761. The van der Waals surface area contributed by atoms with Crippen molar-refractivity contribution in [1.29, 1.82) is 0 Å². The predicted molar refractivity (Wildman–Crippen MR) is 105 cm³/mol. The van der Waals surface area contributed by atoms with E-state index < -0.39 is 0 Å². The summed E-state index contributed by atoms with van der Waals surface area (Å²) in [6, 6.07) is 11.6. The third-order valence-corrected chi connectivity index (χ3v) is 6.12. The third-order valence-electron chi connectivity index (χ3n) is 6.12. The van der Waals surface area contributed by atoms with Crippen molar-refractivity contribution in [3.8, 4) is 5.95 Å². The quantitative estimate of drug-likeness (QED) is 0.642. The van der Waals surface area contributed by atoms with Crippen LogP contribution in [0.4, 0.5) is 0 Å². The van der Waals surface area contributed by atoms with Crippen LogP contribution >= 0.6 is 0 Å². The summed E-state index contributed by atoms with van der Waals surface area (Å²) in [5.41, 5.74) is 1.97. The summed E-state index contributed by atoms with van der Waals surface area (Å²) in [4.78, 5) is 28.4. The molecule has 142 valence electrons. The number of rotatable bonds is 5. The van der Waals surface area contributed by atoms with Gasteiger partial charge in [0.05, 0.1) is 5.56 Å². The summed E-state index contributed by atoms with van der Waals surface area (Å²) < 4.78 is 1.73. The Kier molecular flexibility index (Phi) is 4.49. The van der Waals surface area contributed by atoms with Gasteiger partial charge >= 0.3 is 0 Å². The average molecular weight is 373 g/mol. The molecule has 0 radical (unpaired) electrons. The fourth-order valence-electron chi connectivity index (χ4n) is 4.74. The number of Topliss-reactive ketones (excluding diaryl/α,β-unsaturated/α-hetero) is 1. The molecule has 2 saturated heterocycles. The number of hydrogen-bond acceptors (Lipinski definition) is 5. The van der Waals surface area contributed by atoms with E-state index in [1.807, 2.05) is 0 Å². The number of carbonyl (C=O) groups excluding carboxylic acids is 1. The lowest BCUT2D eigenvalue weighted by molar-refractivity contribution is 0.0677. The summed E-state index contributed by atoms with van der Waals surface area (Å²) in [5.74, 6) is 0.799. The zero-order chi connectivity index (χ0) is 18.9. The van der Waals surface area contributed by atoms with E-state index in [9.17, 15) is 4.79 Å². The topological polar surface area (TPSA) is 63.9 Å². The van der Waals surface area contributed by atoms with E-state index in [-0.39, 0.29) is 11.7 Å². The Morgan fingerprint density at radius 1 is 1.04 bits per heavy atom. The van der Waals surface area contributed by atoms with Crippen molar-refractivity contribution in [3.63, 3.8) is 0 Å². The SMILES string of the molecule is O=C(c1cnc(-n2ccnc2)nc1)C1CC2CCC(C1)N2Cc1ccccc1. The average Bonchev–Trinajstić information content (AvgIpc) is 3.34. The van der Waals surface area contributed by atoms with Crippen molar-refractivity contribution in [2.45, 2.75) is 44.3 Å². The van der Waals surface area contributed by atoms with Crippen molar-refractivity contribution in [2.24, 2.45) is 5.92 Å². The monoisotopic (exact) mass is 373 g/mol. The highest BCUT2D eigenvalue weighted by Crippen LogP contribution is 2.40. The van der Waals surface area contributed by atoms with Gasteiger partial charge in [-0.25, -0.2) is 15.0 Å². The number of aromatic nitrogens is 4. The molecule has 2 aliphatic rings. The molecule has 2 aromatic heterocycles. The first-order chi connectivity index (χ1) is 13.8. The lowest BCUT2D eigenvalue weighted by atomic mass is 9.85. The van der Waals surface area contributed by atoms with Gasteiger partial charge in [0.15, 0.2) is 5.78 Å². The highest BCUT2D eigenvalue weighted by atomic mass is 16.1. The Hall–Kier alpha value is -2.86. The third kappa shape index (κ3) is 3.24. The van der Waals surface area contributed by atoms with Crippen molar-refractivity contribution in [2.75, 3.05) is 0 Å². The van der Waals surface area contributed by atoms with E-state index in [0.29, 0.717) is 23.6 Å². The van der Waals surface area contributed by atoms with Crippen LogP contribution in [0.1, 0.15) is 41.6 Å². The van der Waals surface area contributed by atoms with Crippen LogP contribution in [0.2, 0.25) is 0 Å². The van der Waals surface area contributed by atoms with Crippen LogP contribution in [0.5, 0.6) is 0 Å². The molecule has 28 heavy (non-hydrogen) atoms. The first-order valence-corrected chi connectivity index (χ1v) is 9.92. The van der Waals surface area contributed by atoms with Crippen molar-refractivity contribution in [3.05, 3.63) is 72.6 Å². The van der Waals surface area contributed by atoms with Gasteiger partial charge in [-0.05, 0) is 31.2 Å². The minimum Gasteiger partial charge on any atom is -0.294 e. The first kappa shape index (κ1) is 17.3. The molecule has 2 atom stereocenters. The highest BCUT2D eigenvalue weighted by Gasteiger charge is 2.42.